The van der Waals surface area contributed by atoms with E-state index in [1.807, 2.05) is 0 Å². The molecular weight excluding hydrogens is 444 g/mol. The van der Waals surface area contributed by atoms with Gasteiger partial charge in [0.25, 0.3) is 0 Å². The summed E-state index contributed by atoms with van der Waals surface area (Å²) in [6.07, 6.45) is 16.1. The molecule has 0 amide bonds. The van der Waals surface area contributed by atoms with Crippen molar-refractivity contribution in [2.75, 3.05) is 6.61 Å². The summed E-state index contributed by atoms with van der Waals surface area (Å²) in [5.41, 5.74) is 0.352. The van der Waals surface area contributed by atoms with Gasteiger partial charge in [0.05, 0.1) is 0 Å². The van der Waals surface area contributed by atoms with E-state index in [1.54, 1.807) is 13.8 Å². The third-order valence-corrected chi connectivity index (χ3v) is 3.74. The van der Waals surface area contributed by atoms with Gasteiger partial charge in [0.15, 0.2) is 0 Å². The molecule has 0 aliphatic carbocycles. The number of aliphatic hydroxyl groups is 2. The van der Waals surface area contributed by atoms with Crippen molar-refractivity contribution in [3.8, 4) is 0 Å². The molecule has 0 bridgehead atoms. The monoisotopic (exact) mass is 494 g/mol. The Balaban J connectivity index is -0.000000118. The van der Waals surface area contributed by atoms with Gasteiger partial charge >= 0.3 is 11.9 Å². The molecule has 0 aliphatic rings. The van der Waals surface area contributed by atoms with Gasteiger partial charge in [-0.3, -0.25) is 0 Å². The summed E-state index contributed by atoms with van der Waals surface area (Å²) in [7, 11) is 0. The Hall–Kier alpha value is -0.946. The first-order valence-electron chi connectivity index (χ1n) is 11.5. The molecule has 0 rings (SSSR count). The van der Waals surface area contributed by atoms with E-state index in [-0.39, 0.29) is 39.0 Å². The predicted molar refractivity (Wildman–Crippen MR) is 130 cm³/mol. The van der Waals surface area contributed by atoms with Crippen LogP contribution in [0.2, 0.25) is 0 Å². The van der Waals surface area contributed by atoms with Gasteiger partial charge in [0.1, 0.15) is 0 Å². The molecule has 0 unspecified atom stereocenters. The number of carboxylic acid groups (broad SMARTS) is 2. The van der Waals surface area contributed by atoms with Gasteiger partial charge in [0.2, 0.25) is 0 Å². The summed E-state index contributed by atoms with van der Waals surface area (Å²) in [5, 5.41) is 32.4. The Bertz CT molecular complexity index is 373. The molecule has 0 fully saturated rings. The van der Waals surface area contributed by atoms with Crippen LogP contribution in [-0.2, 0) is 31.3 Å². The zero-order chi connectivity index (χ0) is 25.1. The van der Waals surface area contributed by atoms with E-state index in [9.17, 15) is 9.59 Å². The molecule has 0 spiro atoms. The molecule has 0 heterocycles. The van der Waals surface area contributed by atoms with Crippen molar-refractivity contribution in [2.24, 2.45) is 0 Å². The van der Waals surface area contributed by atoms with E-state index in [1.165, 1.54) is 84.5 Å². The SMILES string of the molecule is C=C(C)C(=O)O.C=C(C)C(=O)O.CC(C)O.CCCCCCCCCCCCCCO.[Ti]. The molecule has 0 atom stereocenters. The van der Waals surface area contributed by atoms with Crippen LogP contribution in [0.1, 0.15) is 112 Å². The van der Waals surface area contributed by atoms with Gasteiger partial charge in [-0.15, -0.1) is 0 Å². The van der Waals surface area contributed by atoms with Crippen LogP contribution in [0.3, 0.4) is 0 Å². The minimum Gasteiger partial charge on any atom is -0.478 e. The number of aliphatic hydroxyl groups excluding tert-OH is 2. The van der Waals surface area contributed by atoms with Crippen LogP contribution >= 0.6 is 0 Å². The topological polar surface area (TPSA) is 115 Å². The van der Waals surface area contributed by atoms with Crippen LogP contribution in [0.4, 0.5) is 0 Å². The standard InChI is InChI=1S/C14H30O.2C4H6O2.C3H8O.Ti/c1-2-3-4-5-6-7-8-9-10-11-12-13-14-15;2*1-3(2)4(5)6;1-3(2)4;/h15H,2-14H2,1H3;2*1H2,2H3,(H,5,6);3-4H,1-2H3;. The summed E-state index contributed by atoms with van der Waals surface area (Å²) in [6, 6.07) is 0. The first-order chi connectivity index (χ1) is 14.4. The van der Waals surface area contributed by atoms with Crippen molar-refractivity contribution in [3.63, 3.8) is 0 Å². The van der Waals surface area contributed by atoms with Crippen LogP contribution < -0.4 is 0 Å². The molecule has 0 radical (unpaired) electrons. The zero-order valence-electron chi connectivity index (χ0n) is 21.3. The minimum absolute atomic E-state index is 0. The minimum atomic E-state index is -0.935. The van der Waals surface area contributed by atoms with E-state index < -0.39 is 11.9 Å². The maximum absolute atomic E-state index is 9.60. The van der Waals surface area contributed by atoms with E-state index in [0.29, 0.717) is 6.61 Å². The van der Waals surface area contributed by atoms with Crippen LogP contribution in [-0.4, -0.2) is 45.1 Å². The van der Waals surface area contributed by atoms with Gasteiger partial charge in [-0.1, -0.05) is 90.7 Å². The molecule has 0 aromatic heterocycles. The van der Waals surface area contributed by atoms with Crippen molar-refractivity contribution in [1.82, 2.24) is 0 Å². The third kappa shape index (κ3) is 63.0. The van der Waals surface area contributed by atoms with Crippen LogP contribution in [0.15, 0.2) is 24.3 Å². The molecule has 190 valence electrons. The Kier molecular flexibility index (Phi) is 44.8. The average molecular weight is 495 g/mol. The normalized spacial score (nSPS) is 9.00. The maximum Gasteiger partial charge on any atom is 0.330 e. The number of rotatable bonds is 14. The molecule has 6 nitrogen and oxygen atoms in total. The molecule has 0 aromatic rings. The fourth-order valence-corrected chi connectivity index (χ4v) is 1.95. The molecule has 32 heavy (non-hydrogen) atoms. The fraction of sp³-hybridized carbons (Fsp3) is 0.760. The summed E-state index contributed by atoms with van der Waals surface area (Å²) in [4.78, 5) is 19.2. The molecule has 4 N–H and O–H groups in total. The molecule has 0 aromatic carbocycles. The van der Waals surface area contributed by atoms with Crippen molar-refractivity contribution < 1.29 is 51.7 Å². The fourth-order valence-electron chi connectivity index (χ4n) is 1.95. The first kappa shape index (κ1) is 41.3. The number of unbranched alkanes of at least 4 members (excludes halogenated alkanes) is 11. The van der Waals surface area contributed by atoms with Gasteiger partial charge in [-0.05, 0) is 34.1 Å². The number of hydrogen-bond acceptors (Lipinski definition) is 4. The van der Waals surface area contributed by atoms with Crippen LogP contribution in [0.25, 0.3) is 0 Å². The van der Waals surface area contributed by atoms with Crippen molar-refractivity contribution >= 4 is 11.9 Å². The van der Waals surface area contributed by atoms with Crippen molar-refractivity contribution in [2.45, 2.75) is 118 Å². The summed E-state index contributed by atoms with van der Waals surface area (Å²) in [6.45, 7) is 15.3. The Labute approximate surface area is 212 Å². The largest absolute Gasteiger partial charge is 0.478 e. The molecule has 0 aliphatic heterocycles. The summed E-state index contributed by atoms with van der Waals surface area (Å²) in [5.74, 6) is -1.87. The Morgan fingerprint density at radius 1 is 0.688 bits per heavy atom. The second-order valence-corrected chi connectivity index (χ2v) is 7.88. The zero-order valence-corrected chi connectivity index (χ0v) is 22.9. The van der Waals surface area contributed by atoms with E-state index >= 15 is 0 Å². The number of carbonyl (C=O) groups is 2. The molecular formula is C25H50O6Ti. The molecule has 0 saturated carbocycles. The van der Waals surface area contributed by atoms with Crippen LogP contribution in [0, 0.1) is 0 Å². The molecule has 0 saturated heterocycles. The Morgan fingerprint density at radius 2 is 0.875 bits per heavy atom. The van der Waals surface area contributed by atoms with Crippen molar-refractivity contribution in [3.05, 3.63) is 24.3 Å². The second kappa shape index (κ2) is 34.7. The first-order valence-corrected chi connectivity index (χ1v) is 11.5. The van der Waals surface area contributed by atoms with Crippen molar-refractivity contribution in [1.29, 1.82) is 0 Å². The van der Waals surface area contributed by atoms with Gasteiger partial charge in [0, 0.05) is 45.6 Å². The average Bonchev–Trinajstić information content (AvgIpc) is 2.66. The maximum atomic E-state index is 9.60. The number of hydrogen-bond donors (Lipinski definition) is 4. The second-order valence-electron chi connectivity index (χ2n) is 7.88. The third-order valence-electron chi connectivity index (χ3n) is 3.74. The van der Waals surface area contributed by atoms with E-state index in [0.717, 1.165) is 6.42 Å². The van der Waals surface area contributed by atoms with Gasteiger partial charge < -0.3 is 20.4 Å². The summed E-state index contributed by atoms with van der Waals surface area (Å²) < 4.78 is 0. The quantitative estimate of drug-likeness (QED) is 0.127. The van der Waals surface area contributed by atoms with E-state index in [2.05, 4.69) is 20.1 Å². The number of aliphatic carboxylic acids is 2. The number of carboxylic acids is 2. The Morgan fingerprint density at radius 3 is 1.03 bits per heavy atom. The van der Waals surface area contributed by atoms with Gasteiger partial charge in [-0.25, -0.2) is 9.59 Å². The molecule has 7 heteroatoms. The summed E-state index contributed by atoms with van der Waals surface area (Å²) >= 11 is 0. The van der Waals surface area contributed by atoms with Crippen LogP contribution in [0.5, 0.6) is 0 Å². The van der Waals surface area contributed by atoms with E-state index in [4.69, 9.17) is 20.4 Å². The smallest absolute Gasteiger partial charge is 0.330 e. The predicted octanol–water partition coefficient (Wildman–Crippen LogP) is 6.36. The van der Waals surface area contributed by atoms with Gasteiger partial charge in [-0.2, -0.15) is 0 Å².